The molecule has 0 spiro atoms. The molecule has 0 radical (unpaired) electrons. The third-order valence-corrected chi connectivity index (χ3v) is 2.55. The molecule has 13 heavy (non-hydrogen) atoms. The van der Waals surface area contributed by atoms with Gasteiger partial charge in [-0.15, -0.1) is 0 Å². The average Bonchev–Trinajstić information content (AvgIpc) is 2.06. The van der Waals surface area contributed by atoms with Gasteiger partial charge in [-0.2, -0.15) is 0 Å². The predicted molar refractivity (Wildman–Crippen MR) is 46.3 cm³/mol. The zero-order valence-corrected chi connectivity index (χ0v) is 7.78. The minimum absolute atomic E-state index is 0.215. The first kappa shape index (κ1) is 11.9. The largest absolute Gasteiger partial charge is 0.481 e. The summed E-state index contributed by atoms with van der Waals surface area (Å²) in [4.78, 5) is 21.5. The van der Waals surface area contributed by atoms with Gasteiger partial charge in [-0.05, 0) is 12.8 Å². The van der Waals surface area contributed by atoms with Gasteiger partial charge < -0.3 is 15.9 Å². The number of hydrogen-bond donors (Lipinski definition) is 3. The zero-order valence-electron chi connectivity index (χ0n) is 7.78. The van der Waals surface area contributed by atoms with Crippen LogP contribution in [0.3, 0.4) is 0 Å². The Morgan fingerprint density at radius 1 is 1.31 bits per heavy atom. The molecule has 0 aliphatic heterocycles. The second kappa shape index (κ2) is 4.23. The Hall–Kier alpha value is -1.10. The second-order valence-corrected chi connectivity index (χ2v) is 2.98. The molecule has 0 heterocycles. The minimum atomic E-state index is -1.35. The first-order valence-corrected chi connectivity index (χ1v) is 4.14. The van der Waals surface area contributed by atoms with Crippen molar-refractivity contribution in [1.82, 2.24) is 0 Å². The number of carboxylic acid groups (broad SMARTS) is 2. The molecule has 5 nitrogen and oxygen atoms in total. The molecule has 4 N–H and O–H groups in total. The molecule has 0 amide bonds. The van der Waals surface area contributed by atoms with Gasteiger partial charge >= 0.3 is 11.9 Å². The molecule has 0 aromatic rings. The number of hydrogen-bond acceptors (Lipinski definition) is 3. The maximum Gasteiger partial charge on any atom is 0.321 e. The number of carboxylic acids is 2. The summed E-state index contributed by atoms with van der Waals surface area (Å²) in [6.07, 6.45) is 0.429. The van der Waals surface area contributed by atoms with Gasteiger partial charge in [-0.25, -0.2) is 0 Å². The SMILES string of the molecule is CCC(CC)(C(=O)O)[C@H](N)C(=O)O. The lowest BCUT2D eigenvalue weighted by Crippen LogP contribution is -2.51. The van der Waals surface area contributed by atoms with Crippen molar-refractivity contribution in [2.24, 2.45) is 11.1 Å². The summed E-state index contributed by atoms with van der Waals surface area (Å²) >= 11 is 0. The molecule has 0 fully saturated rings. The van der Waals surface area contributed by atoms with Gasteiger partial charge in [0, 0.05) is 0 Å². The lowest BCUT2D eigenvalue weighted by Gasteiger charge is -2.30. The third-order valence-electron chi connectivity index (χ3n) is 2.55. The Labute approximate surface area is 76.5 Å². The normalized spacial score (nSPS) is 13.8. The van der Waals surface area contributed by atoms with Gasteiger partial charge in [0.05, 0.1) is 5.41 Å². The number of carbonyl (C=O) groups is 2. The Bertz CT molecular complexity index is 210. The van der Waals surface area contributed by atoms with E-state index in [-0.39, 0.29) is 12.8 Å². The smallest absolute Gasteiger partial charge is 0.321 e. The molecule has 0 unspecified atom stereocenters. The summed E-state index contributed by atoms with van der Waals surface area (Å²) in [6, 6.07) is -1.35. The van der Waals surface area contributed by atoms with Gasteiger partial charge in [-0.1, -0.05) is 13.8 Å². The highest BCUT2D eigenvalue weighted by molar-refractivity contribution is 5.85. The molecule has 5 heteroatoms. The number of nitrogens with two attached hydrogens (primary N) is 1. The lowest BCUT2D eigenvalue weighted by molar-refractivity contribution is -0.158. The monoisotopic (exact) mass is 189 g/mol. The molecular weight excluding hydrogens is 174 g/mol. The summed E-state index contributed by atoms with van der Waals surface area (Å²) in [5.41, 5.74) is 4.00. The van der Waals surface area contributed by atoms with Gasteiger partial charge in [-0.3, -0.25) is 9.59 Å². The standard InChI is InChI=1S/C8H15NO4/c1-3-8(4-2,7(12)13)5(9)6(10)11/h5H,3-4,9H2,1-2H3,(H,10,11)(H,12,13)/t5-/m1/s1. The van der Waals surface area contributed by atoms with E-state index in [1.165, 1.54) is 0 Å². The van der Waals surface area contributed by atoms with Crippen LogP contribution in [0.2, 0.25) is 0 Å². The van der Waals surface area contributed by atoms with Crippen LogP contribution in [-0.4, -0.2) is 28.2 Å². The Balaban J connectivity index is 4.97. The molecule has 0 aliphatic rings. The topological polar surface area (TPSA) is 101 Å². The lowest BCUT2D eigenvalue weighted by atomic mass is 9.76. The molecule has 0 aliphatic carbocycles. The Kier molecular flexibility index (Phi) is 3.87. The molecule has 1 atom stereocenters. The van der Waals surface area contributed by atoms with Crippen molar-refractivity contribution in [3.8, 4) is 0 Å². The van der Waals surface area contributed by atoms with Crippen LogP contribution in [0.5, 0.6) is 0 Å². The molecule has 0 saturated carbocycles. The van der Waals surface area contributed by atoms with E-state index in [4.69, 9.17) is 15.9 Å². The van der Waals surface area contributed by atoms with Crippen molar-refractivity contribution in [1.29, 1.82) is 0 Å². The second-order valence-electron chi connectivity index (χ2n) is 2.98. The van der Waals surface area contributed by atoms with E-state index in [0.717, 1.165) is 0 Å². The summed E-state index contributed by atoms with van der Waals surface area (Å²) in [5, 5.41) is 17.5. The molecule has 76 valence electrons. The average molecular weight is 189 g/mol. The highest BCUT2D eigenvalue weighted by Gasteiger charge is 2.44. The molecule has 0 saturated heterocycles. The predicted octanol–water partition coefficient (Wildman–Crippen LogP) is 0.289. The molecule has 0 aromatic carbocycles. The van der Waals surface area contributed by atoms with Crippen LogP contribution in [0.15, 0.2) is 0 Å². The Morgan fingerprint density at radius 2 is 1.69 bits per heavy atom. The first-order valence-electron chi connectivity index (χ1n) is 4.14. The summed E-state index contributed by atoms with van der Waals surface area (Å²) < 4.78 is 0. The highest BCUT2D eigenvalue weighted by Crippen LogP contribution is 2.30. The van der Waals surface area contributed by atoms with Crippen molar-refractivity contribution >= 4 is 11.9 Å². The maximum absolute atomic E-state index is 10.9. The van der Waals surface area contributed by atoms with Crippen molar-refractivity contribution < 1.29 is 19.8 Å². The molecular formula is C8H15NO4. The van der Waals surface area contributed by atoms with Crippen LogP contribution in [0.4, 0.5) is 0 Å². The van der Waals surface area contributed by atoms with Crippen molar-refractivity contribution in [2.75, 3.05) is 0 Å². The zero-order chi connectivity index (χ0) is 10.6. The summed E-state index contributed by atoms with van der Waals surface area (Å²) in [7, 11) is 0. The van der Waals surface area contributed by atoms with Crippen molar-refractivity contribution in [3.63, 3.8) is 0 Å². The first-order chi connectivity index (χ1) is 5.92. The summed E-state index contributed by atoms with van der Waals surface area (Å²) in [5.74, 6) is -2.42. The van der Waals surface area contributed by atoms with E-state index in [0.29, 0.717) is 0 Å². The molecule has 0 rings (SSSR count). The van der Waals surface area contributed by atoms with E-state index < -0.39 is 23.4 Å². The van der Waals surface area contributed by atoms with Crippen LogP contribution < -0.4 is 5.73 Å². The van der Waals surface area contributed by atoms with Gasteiger partial charge in [0.2, 0.25) is 0 Å². The number of aliphatic carboxylic acids is 2. The molecule has 0 aromatic heterocycles. The van der Waals surface area contributed by atoms with E-state index in [1.54, 1.807) is 13.8 Å². The van der Waals surface area contributed by atoms with Crippen LogP contribution in [0.25, 0.3) is 0 Å². The fourth-order valence-corrected chi connectivity index (χ4v) is 1.36. The van der Waals surface area contributed by atoms with E-state index >= 15 is 0 Å². The summed E-state index contributed by atoms with van der Waals surface area (Å²) in [6.45, 7) is 3.25. The van der Waals surface area contributed by atoms with Gasteiger partial charge in [0.25, 0.3) is 0 Å². The fourth-order valence-electron chi connectivity index (χ4n) is 1.36. The fraction of sp³-hybridized carbons (Fsp3) is 0.750. The molecule has 0 bridgehead atoms. The van der Waals surface area contributed by atoms with Crippen LogP contribution >= 0.6 is 0 Å². The Morgan fingerprint density at radius 3 is 1.77 bits per heavy atom. The van der Waals surface area contributed by atoms with E-state index in [9.17, 15) is 9.59 Å². The van der Waals surface area contributed by atoms with E-state index in [2.05, 4.69) is 0 Å². The van der Waals surface area contributed by atoms with Crippen LogP contribution in [0.1, 0.15) is 26.7 Å². The van der Waals surface area contributed by atoms with Crippen molar-refractivity contribution in [2.45, 2.75) is 32.7 Å². The van der Waals surface area contributed by atoms with Crippen LogP contribution in [0, 0.1) is 5.41 Å². The van der Waals surface area contributed by atoms with Crippen LogP contribution in [-0.2, 0) is 9.59 Å². The van der Waals surface area contributed by atoms with Gasteiger partial charge in [0.15, 0.2) is 0 Å². The minimum Gasteiger partial charge on any atom is -0.481 e. The van der Waals surface area contributed by atoms with E-state index in [1.807, 2.05) is 0 Å². The quantitative estimate of drug-likeness (QED) is 0.577. The van der Waals surface area contributed by atoms with Crippen molar-refractivity contribution in [3.05, 3.63) is 0 Å². The maximum atomic E-state index is 10.9. The highest BCUT2D eigenvalue weighted by atomic mass is 16.4. The van der Waals surface area contributed by atoms with Gasteiger partial charge in [0.1, 0.15) is 6.04 Å². The number of rotatable bonds is 5. The third kappa shape index (κ3) is 1.98.